The first-order valence-corrected chi connectivity index (χ1v) is 6.65. The summed E-state index contributed by atoms with van der Waals surface area (Å²) >= 11 is 2.36. The van der Waals surface area contributed by atoms with Gasteiger partial charge in [-0.2, -0.15) is 5.10 Å². The Morgan fingerprint density at radius 2 is 2.18 bits per heavy atom. The van der Waals surface area contributed by atoms with Crippen LogP contribution in [0, 0.1) is 10.5 Å². The zero-order valence-electron chi connectivity index (χ0n) is 10.2. The van der Waals surface area contributed by atoms with Crippen LogP contribution >= 0.6 is 22.6 Å². The standard InChI is InChI=1S/C13H16IN3/c1-9-4-5-12(6-13(9)14)16-10(2)11-7-15-17(3)8-11/h4-8,10,16H,1-3H3. The minimum atomic E-state index is 0.266. The molecule has 2 aromatic rings. The Hall–Kier alpha value is -1.04. The summed E-state index contributed by atoms with van der Waals surface area (Å²) in [5, 5.41) is 7.67. The Bertz CT molecular complexity index is 519. The van der Waals surface area contributed by atoms with Gasteiger partial charge in [0.05, 0.1) is 12.2 Å². The van der Waals surface area contributed by atoms with Gasteiger partial charge in [-0.1, -0.05) is 6.07 Å². The van der Waals surface area contributed by atoms with Crippen molar-refractivity contribution in [2.45, 2.75) is 19.9 Å². The molecule has 1 unspecified atom stereocenters. The number of hydrogen-bond acceptors (Lipinski definition) is 2. The summed E-state index contributed by atoms with van der Waals surface area (Å²) < 4.78 is 3.11. The molecule has 4 heteroatoms. The fraction of sp³-hybridized carbons (Fsp3) is 0.308. The summed E-state index contributed by atoms with van der Waals surface area (Å²) in [5.41, 5.74) is 3.66. The van der Waals surface area contributed by atoms with Gasteiger partial charge in [0.2, 0.25) is 0 Å². The SMILES string of the molecule is Cc1ccc(NC(C)c2cnn(C)c2)cc1I. The number of rotatable bonds is 3. The minimum absolute atomic E-state index is 0.266. The first kappa shape index (κ1) is 12.4. The molecule has 1 N–H and O–H groups in total. The van der Waals surface area contributed by atoms with Crippen LogP contribution in [-0.4, -0.2) is 9.78 Å². The maximum Gasteiger partial charge on any atom is 0.0542 e. The molecule has 0 bridgehead atoms. The summed E-state index contributed by atoms with van der Waals surface area (Å²) in [4.78, 5) is 0. The predicted molar refractivity (Wildman–Crippen MR) is 79.1 cm³/mol. The van der Waals surface area contributed by atoms with Gasteiger partial charge in [0, 0.05) is 28.1 Å². The highest BCUT2D eigenvalue weighted by atomic mass is 127. The third-order valence-electron chi connectivity index (χ3n) is 2.78. The quantitative estimate of drug-likeness (QED) is 0.866. The van der Waals surface area contributed by atoms with Crippen molar-refractivity contribution in [2.24, 2.45) is 7.05 Å². The molecule has 0 aliphatic heterocycles. The first-order chi connectivity index (χ1) is 8.06. The molecule has 1 aromatic heterocycles. The molecule has 2 rings (SSSR count). The molecule has 90 valence electrons. The van der Waals surface area contributed by atoms with Gasteiger partial charge in [-0.25, -0.2) is 0 Å². The molecular formula is C13H16IN3. The van der Waals surface area contributed by atoms with Crippen LogP contribution in [0.3, 0.4) is 0 Å². The summed E-state index contributed by atoms with van der Waals surface area (Å²) in [6.07, 6.45) is 3.94. The van der Waals surface area contributed by atoms with E-state index in [2.05, 4.69) is 65.1 Å². The van der Waals surface area contributed by atoms with E-state index in [4.69, 9.17) is 0 Å². The molecule has 0 radical (unpaired) electrons. The van der Waals surface area contributed by atoms with Gasteiger partial charge in [-0.3, -0.25) is 4.68 Å². The molecule has 0 spiro atoms. The highest BCUT2D eigenvalue weighted by Crippen LogP contribution is 2.22. The van der Waals surface area contributed by atoms with Crippen molar-refractivity contribution < 1.29 is 0 Å². The van der Waals surface area contributed by atoms with Crippen LogP contribution in [0.25, 0.3) is 0 Å². The third-order valence-corrected chi connectivity index (χ3v) is 3.94. The van der Waals surface area contributed by atoms with Crippen LogP contribution in [0.5, 0.6) is 0 Å². The number of hydrogen-bond donors (Lipinski definition) is 1. The van der Waals surface area contributed by atoms with Gasteiger partial charge in [0.15, 0.2) is 0 Å². The fourth-order valence-electron chi connectivity index (χ4n) is 1.68. The van der Waals surface area contributed by atoms with Crippen molar-refractivity contribution in [2.75, 3.05) is 5.32 Å². The number of halogens is 1. The molecule has 17 heavy (non-hydrogen) atoms. The van der Waals surface area contributed by atoms with E-state index in [0.29, 0.717) is 0 Å². The lowest BCUT2D eigenvalue weighted by Crippen LogP contribution is -2.06. The molecule has 0 amide bonds. The number of anilines is 1. The van der Waals surface area contributed by atoms with E-state index in [0.717, 1.165) is 5.69 Å². The van der Waals surface area contributed by atoms with Crippen LogP contribution in [0.1, 0.15) is 24.1 Å². The molecule has 0 fully saturated rings. The fourth-order valence-corrected chi connectivity index (χ4v) is 2.20. The Labute approximate surface area is 115 Å². The molecule has 0 saturated carbocycles. The third kappa shape index (κ3) is 3.00. The summed E-state index contributed by atoms with van der Waals surface area (Å²) in [7, 11) is 1.94. The van der Waals surface area contributed by atoms with Crippen molar-refractivity contribution in [3.63, 3.8) is 0 Å². The Balaban J connectivity index is 2.12. The van der Waals surface area contributed by atoms with E-state index < -0.39 is 0 Å². The number of aromatic nitrogens is 2. The van der Waals surface area contributed by atoms with Crippen LogP contribution < -0.4 is 5.32 Å². The van der Waals surface area contributed by atoms with Crippen LogP contribution in [-0.2, 0) is 7.05 Å². The molecule has 0 aliphatic rings. The second-order valence-electron chi connectivity index (χ2n) is 4.28. The van der Waals surface area contributed by atoms with Crippen LogP contribution in [0.4, 0.5) is 5.69 Å². The van der Waals surface area contributed by atoms with Crippen molar-refractivity contribution in [3.05, 3.63) is 45.3 Å². The van der Waals surface area contributed by atoms with Gasteiger partial charge < -0.3 is 5.32 Å². The van der Waals surface area contributed by atoms with Crippen molar-refractivity contribution in [3.8, 4) is 0 Å². The van der Waals surface area contributed by atoms with Gasteiger partial charge in [0.1, 0.15) is 0 Å². The summed E-state index contributed by atoms with van der Waals surface area (Å²) in [5.74, 6) is 0. The van der Waals surface area contributed by atoms with E-state index in [1.165, 1.54) is 14.7 Å². The van der Waals surface area contributed by atoms with E-state index in [1.54, 1.807) is 0 Å². The van der Waals surface area contributed by atoms with Crippen LogP contribution in [0.15, 0.2) is 30.6 Å². The zero-order valence-corrected chi connectivity index (χ0v) is 12.4. The second-order valence-corrected chi connectivity index (χ2v) is 5.44. The lowest BCUT2D eigenvalue weighted by atomic mass is 10.1. The van der Waals surface area contributed by atoms with E-state index in [1.807, 2.05) is 24.1 Å². The molecule has 3 nitrogen and oxygen atoms in total. The minimum Gasteiger partial charge on any atom is -0.378 e. The average Bonchev–Trinajstić information content (AvgIpc) is 2.70. The monoisotopic (exact) mass is 341 g/mol. The zero-order chi connectivity index (χ0) is 12.4. The van der Waals surface area contributed by atoms with Crippen LogP contribution in [0.2, 0.25) is 0 Å². The maximum atomic E-state index is 4.19. The average molecular weight is 341 g/mol. The van der Waals surface area contributed by atoms with E-state index in [9.17, 15) is 0 Å². The topological polar surface area (TPSA) is 29.9 Å². The highest BCUT2D eigenvalue weighted by molar-refractivity contribution is 14.1. The maximum absolute atomic E-state index is 4.19. The lowest BCUT2D eigenvalue weighted by Gasteiger charge is -2.14. The molecule has 1 aromatic carbocycles. The molecule has 1 heterocycles. The number of aryl methyl sites for hydroxylation is 2. The summed E-state index contributed by atoms with van der Waals surface area (Å²) in [6, 6.07) is 6.69. The second kappa shape index (κ2) is 5.08. The molecule has 1 atom stereocenters. The number of nitrogens with one attached hydrogen (secondary N) is 1. The normalized spacial score (nSPS) is 12.5. The van der Waals surface area contributed by atoms with Gasteiger partial charge in [-0.15, -0.1) is 0 Å². The Kier molecular flexibility index (Phi) is 3.71. The summed E-state index contributed by atoms with van der Waals surface area (Å²) in [6.45, 7) is 4.26. The largest absolute Gasteiger partial charge is 0.378 e. The molecular weight excluding hydrogens is 325 g/mol. The number of benzene rings is 1. The molecule has 0 aliphatic carbocycles. The lowest BCUT2D eigenvalue weighted by molar-refractivity contribution is 0.765. The van der Waals surface area contributed by atoms with Gasteiger partial charge in [-0.05, 0) is 54.1 Å². The smallest absolute Gasteiger partial charge is 0.0542 e. The van der Waals surface area contributed by atoms with Crippen molar-refractivity contribution in [1.29, 1.82) is 0 Å². The Morgan fingerprint density at radius 1 is 1.41 bits per heavy atom. The first-order valence-electron chi connectivity index (χ1n) is 5.57. The van der Waals surface area contributed by atoms with Crippen molar-refractivity contribution >= 4 is 28.3 Å². The van der Waals surface area contributed by atoms with Gasteiger partial charge in [0.25, 0.3) is 0 Å². The van der Waals surface area contributed by atoms with E-state index >= 15 is 0 Å². The van der Waals surface area contributed by atoms with Gasteiger partial charge >= 0.3 is 0 Å². The predicted octanol–water partition coefficient (Wildman–Crippen LogP) is 3.51. The highest BCUT2D eigenvalue weighted by Gasteiger charge is 2.07. The number of nitrogens with zero attached hydrogens (tertiary/aromatic N) is 2. The molecule has 0 saturated heterocycles. The van der Waals surface area contributed by atoms with E-state index in [-0.39, 0.29) is 6.04 Å². The van der Waals surface area contributed by atoms with Crippen molar-refractivity contribution in [1.82, 2.24) is 9.78 Å². The Morgan fingerprint density at radius 3 is 2.76 bits per heavy atom.